The molecule has 0 aliphatic carbocycles. The molecule has 0 heterocycles. The Morgan fingerprint density at radius 1 is 1.08 bits per heavy atom. The van der Waals surface area contributed by atoms with Crippen molar-refractivity contribution < 1.29 is 9.47 Å². The van der Waals surface area contributed by atoms with Crippen LogP contribution in [0.3, 0.4) is 0 Å². The summed E-state index contributed by atoms with van der Waals surface area (Å²) in [7, 11) is 1.72. The van der Waals surface area contributed by atoms with Gasteiger partial charge in [-0.05, 0) is 33.2 Å². The fraction of sp³-hybridized carbons (Fsp3) is 1.00. The lowest BCUT2D eigenvalue weighted by Crippen LogP contribution is -2.20. The van der Waals surface area contributed by atoms with Crippen LogP contribution in [0.4, 0.5) is 0 Å². The highest BCUT2D eigenvalue weighted by molar-refractivity contribution is 4.47. The summed E-state index contributed by atoms with van der Waals surface area (Å²) < 4.78 is 10.3. The SMILES string of the molecule is COCCNCCCCOC(C)C. The zero-order chi connectivity index (χ0) is 9.94. The van der Waals surface area contributed by atoms with Crippen LogP contribution < -0.4 is 5.32 Å². The molecule has 0 aromatic heterocycles. The molecule has 0 saturated carbocycles. The van der Waals surface area contributed by atoms with Gasteiger partial charge in [0, 0.05) is 20.3 Å². The van der Waals surface area contributed by atoms with Crippen LogP contribution in [0.2, 0.25) is 0 Å². The van der Waals surface area contributed by atoms with Crippen LogP contribution in [0.25, 0.3) is 0 Å². The Morgan fingerprint density at radius 3 is 2.46 bits per heavy atom. The lowest BCUT2D eigenvalue weighted by molar-refractivity contribution is 0.0760. The van der Waals surface area contributed by atoms with Gasteiger partial charge in [0.25, 0.3) is 0 Å². The van der Waals surface area contributed by atoms with Gasteiger partial charge in [-0.1, -0.05) is 0 Å². The van der Waals surface area contributed by atoms with Gasteiger partial charge in [0.05, 0.1) is 12.7 Å². The molecule has 0 aliphatic rings. The van der Waals surface area contributed by atoms with Crippen LogP contribution in [0.15, 0.2) is 0 Å². The molecular weight excluding hydrogens is 166 g/mol. The van der Waals surface area contributed by atoms with E-state index in [0.29, 0.717) is 6.10 Å². The Hall–Kier alpha value is -0.120. The molecular formula is C10H23NO2. The summed E-state index contributed by atoms with van der Waals surface area (Å²) in [6.07, 6.45) is 2.68. The van der Waals surface area contributed by atoms with E-state index in [0.717, 1.165) is 32.7 Å². The van der Waals surface area contributed by atoms with E-state index in [1.807, 2.05) is 0 Å². The molecule has 0 bridgehead atoms. The maximum absolute atomic E-state index is 5.42. The molecule has 0 atom stereocenters. The van der Waals surface area contributed by atoms with Crippen LogP contribution in [-0.2, 0) is 9.47 Å². The van der Waals surface area contributed by atoms with Crippen molar-refractivity contribution in [1.29, 1.82) is 0 Å². The zero-order valence-electron chi connectivity index (χ0n) is 9.14. The molecule has 0 amide bonds. The summed E-state index contributed by atoms with van der Waals surface area (Å²) in [6.45, 7) is 7.81. The molecule has 0 radical (unpaired) electrons. The second-order valence-corrected chi connectivity index (χ2v) is 3.37. The minimum atomic E-state index is 0.362. The number of hydrogen-bond acceptors (Lipinski definition) is 3. The predicted molar refractivity (Wildman–Crippen MR) is 55.1 cm³/mol. The van der Waals surface area contributed by atoms with Crippen molar-refractivity contribution in [1.82, 2.24) is 5.32 Å². The monoisotopic (exact) mass is 189 g/mol. The van der Waals surface area contributed by atoms with Crippen molar-refractivity contribution in [2.45, 2.75) is 32.8 Å². The second kappa shape index (κ2) is 9.96. The topological polar surface area (TPSA) is 30.5 Å². The largest absolute Gasteiger partial charge is 0.383 e. The normalized spacial score (nSPS) is 11.1. The van der Waals surface area contributed by atoms with E-state index in [1.54, 1.807) is 7.11 Å². The van der Waals surface area contributed by atoms with E-state index in [-0.39, 0.29) is 0 Å². The fourth-order valence-electron chi connectivity index (χ4n) is 0.970. The van der Waals surface area contributed by atoms with E-state index in [9.17, 15) is 0 Å². The highest BCUT2D eigenvalue weighted by atomic mass is 16.5. The van der Waals surface area contributed by atoms with Gasteiger partial charge in [-0.3, -0.25) is 0 Å². The van der Waals surface area contributed by atoms with Crippen molar-refractivity contribution in [2.24, 2.45) is 0 Å². The number of nitrogens with one attached hydrogen (secondary N) is 1. The Kier molecular flexibility index (Phi) is 9.87. The first-order valence-corrected chi connectivity index (χ1v) is 5.08. The molecule has 0 aromatic carbocycles. The molecule has 1 N–H and O–H groups in total. The summed E-state index contributed by atoms with van der Waals surface area (Å²) in [6, 6.07) is 0. The van der Waals surface area contributed by atoms with Gasteiger partial charge >= 0.3 is 0 Å². The molecule has 0 aliphatic heterocycles. The fourth-order valence-corrected chi connectivity index (χ4v) is 0.970. The lowest BCUT2D eigenvalue weighted by Gasteiger charge is -2.07. The highest BCUT2D eigenvalue weighted by Crippen LogP contribution is 1.92. The average Bonchev–Trinajstić information content (AvgIpc) is 2.09. The first-order valence-electron chi connectivity index (χ1n) is 5.08. The van der Waals surface area contributed by atoms with Crippen molar-refractivity contribution in [2.75, 3.05) is 33.4 Å². The maximum atomic E-state index is 5.42. The zero-order valence-corrected chi connectivity index (χ0v) is 9.14. The summed E-state index contributed by atoms with van der Waals surface area (Å²) >= 11 is 0. The number of methoxy groups -OCH3 is 1. The van der Waals surface area contributed by atoms with Crippen molar-refractivity contribution in [3.8, 4) is 0 Å². The number of unbranched alkanes of at least 4 members (excludes halogenated alkanes) is 1. The van der Waals surface area contributed by atoms with Gasteiger partial charge in [-0.15, -0.1) is 0 Å². The third-order valence-corrected chi connectivity index (χ3v) is 1.68. The van der Waals surface area contributed by atoms with Crippen LogP contribution in [-0.4, -0.2) is 39.5 Å². The van der Waals surface area contributed by atoms with E-state index >= 15 is 0 Å². The Labute approximate surface area is 81.8 Å². The molecule has 3 nitrogen and oxygen atoms in total. The molecule has 0 unspecified atom stereocenters. The van der Waals surface area contributed by atoms with Crippen molar-refractivity contribution in [3.05, 3.63) is 0 Å². The second-order valence-electron chi connectivity index (χ2n) is 3.37. The van der Waals surface area contributed by atoms with Gasteiger partial charge < -0.3 is 14.8 Å². The summed E-state index contributed by atoms with van der Waals surface area (Å²) in [4.78, 5) is 0. The number of ether oxygens (including phenoxy) is 2. The Balaban J connectivity index is 2.84. The standard InChI is InChI=1S/C10H23NO2/c1-10(2)13-8-5-4-6-11-7-9-12-3/h10-11H,4-9H2,1-3H3. The number of rotatable bonds is 9. The van der Waals surface area contributed by atoms with Crippen LogP contribution in [0.1, 0.15) is 26.7 Å². The minimum Gasteiger partial charge on any atom is -0.383 e. The molecule has 3 heteroatoms. The van der Waals surface area contributed by atoms with E-state index < -0.39 is 0 Å². The first kappa shape index (κ1) is 12.9. The van der Waals surface area contributed by atoms with Crippen LogP contribution in [0, 0.1) is 0 Å². The molecule has 0 saturated heterocycles. The average molecular weight is 189 g/mol. The van der Waals surface area contributed by atoms with Crippen LogP contribution >= 0.6 is 0 Å². The Morgan fingerprint density at radius 2 is 1.85 bits per heavy atom. The van der Waals surface area contributed by atoms with E-state index in [1.165, 1.54) is 6.42 Å². The molecule has 0 aromatic rings. The van der Waals surface area contributed by atoms with E-state index in [4.69, 9.17) is 9.47 Å². The predicted octanol–water partition coefficient (Wildman–Crippen LogP) is 1.43. The quantitative estimate of drug-likeness (QED) is 0.557. The summed E-state index contributed by atoms with van der Waals surface area (Å²) in [5.74, 6) is 0. The first-order chi connectivity index (χ1) is 6.27. The summed E-state index contributed by atoms with van der Waals surface area (Å²) in [5.41, 5.74) is 0. The number of hydrogen-bond donors (Lipinski definition) is 1. The molecule has 0 fully saturated rings. The molecule has 13 heavy (non-hydrogen) atoms. The minimum absolute atomic E-state index is 0.362. The van der Waals surface area contributed by atoms with Gasteiger partial charge in [0.15, 0.2) is 0 Å². The lowest BCUT2D eigenvalue weighted by atomic mass is 10.3. The van der Waals surface area contributed by atoms with Gasteiger partial charge in [0.2, 0.25) is 0 Å². The van der Waals surface area contributed by atoms with E-state index in [2.05, 4.69) is 19.2 Å². The van der Waals surface area contributed by atoms with Gasteiger partial charge in [-0.2, -0.15) is 0 Å². The third kappa shape index (κ3) is 11.9. The summed E-state index contributed by atoms with van der Waals surface area (Å²) in [5, 5.41) is 3.29. The third-order valence-electron chi connectivity index (χ3n) is 1.68. The van der Waals surface area contributed by atoms with Crippen LogP contribution in [0.5, 0.6) is 0 Å². The van der Waals surface area contributed by atoms with Crippen molar-refractivity contribution in [3.63, 3.8) is 0 Å². The van der Waals surface area contributed by atoms with Gasteiger partial charge in [0.1, 0.15) is 0 Å². The molecule has 0 rings (SSSR count). The molecule has 80 valence electrons. The maximum Gasteiger partial charge on any atom is 0.0587 e. The Bertz CT molecular complexity index is 96.9. The highest BCUT2D eigenvalue weighted by Gasteiger charge is 1.92. The van der Waals surface area contributed by atoms with Gasteiger partial charge in [-0.25, -0.2) is 0 Å². The van der Waals surface area contributed by atoms with Crippen molar-refractivity contribution >= 4 is 0 Å². The smallest absolute Gasteiger partial charge is 0.0587 e. The molecule has 0 spiro atoms.